The highest BCUT2D eigenvalue weighted by atomic mass is 16.5. The maximum Gasteiger partial charge on any atom is 0.308 e. The molecular formula is C11H14O4. The van der Waals surface area contributed by atoms with Crippen molar-refractivity contribution >= 4 is 17.5 Å². The van der Waals surface area contributed by atoms with Crippen molar-refractivity contribution in [3.05, 3.63) is 0 Å². The molecule has 2 rings (SSSR count). The summed E-state index contributed by atoms with van der Waals surface area (Å²) in [7, 11) is 1.34. The Balaban J connectivity index is 2.16. The number of ether oxygens (including phenoxy) is 1. The van der Waals surface area contributed by atoms with Crippen molar-refractivity contribution in [1.29, 1.82) is 0 Å². The van der Waals surface area contributed by atoms with Gasteiger partial charge in [0.25, 0.3) is 0 Å². The average Bonchev–Trinajstić information content (AvgIpc) is 2.23. The van der Waals surface area contributed by atoms with E-state index in [0.717, 1.165) is 0 Å². The zero-order valence-corrected chi connectivity index (χ0v) is 8.69. The van der Waals surface area contributed by atoms with Crippen molar-refractivity contribution in [2.75, 3.05) is 7.11 Å². The Morgan fingerprint density at radius 3 is 2.73 bits per heavy atom. The number of fused-ring (bicyclic) bond motifs is 2. The van der Waals surface area contributed by atoms with Crippen LogP contribution in [0.25, 0.3) is 0 Å². The van der Waals surface area contributed by atoms with Crippen molar-refractivity contribution in [3.8, 4) is 0 Å². The van der Waals surface area contributed by atoms with Gasteiger partial charge in [-0.1, -0.05) is 0 Å². The van der Waals surface area contributed by atoms with Crippen LogP contribution in [0, 0.1) is 17.8 Å². The average molecular weight is 210 g/mol. The summed E-state index contributed by atoms with van der Waals surface area (Å²) in [6.45, 7) is 0. The molecule has 0 amide bonds. The standard InChI is InChI=1S/C11H14O4/c1-15-11(14)7-4-6-2-3-9(12)8(5-7)10(6)13/h6-8H,2-5H2,1H3. The molecule has 0 spiro atoms. The van der Waals surface area contributed by atoms with Gasteiger partial charge in [0.05, 0.1) is 18.9 Å². The third-order valence-corrected chi connectivity index (χ3v) is 3.50. The van der Waals surface area contributed by atoms with Crippen molar-refractivity contribution in [2.24, 2.45) is 17.8 Å². The highest BCUT2D eigenvalue weighted by Gasteiger charge is 2.45. The minimum Gasteiger partial charge on any atom is -0.469 e. The molecule has 2 bridgehead atoms. The van der Waals surface area contributed by atoms with Crippen LogP contribution < -0.4 is 0 Å². The summed E-state index contributed by atoms with van der Waals surface area (Å²) in [4.78, 5) is 34.6. The van der Waals surface area contributed by atoms with Gasteiger partial charge in [0.15, 0.2) is 0 Å². The predicted octanol–water partition coefficient (Wildman–Crippen LogP) is 0.734. The molecule has 0 radical (unpaired) electrons. The number of carbonyl (C=O) groups is 3. The molecule has 0 heterocycles. The van der Waals surface area contributed by atoms with Gasteiger partial charge in [-0.05, 0) is 19.3 Å². The molecule has 3 unspecified atom stereocenters. The number of hydrogen-bond donors (Lipinski definition) is 0. The minimum atomic E-state index is -0.526. The number of carbonyl (C=O) groups excluding carboxylic acids is 3. The molecule has 0 saturated heterocycles. The number of Topliss-reactive ketones (excluding diaryl/α,β-unsaturated/α-hetero) is 2. The Morgan fingerprint density at radius 2 is 2.07 bits per heavy atom. The number of methoxy groups -OCH3 is 1. The topological polar surface area (TPSA) is 60.4 Å². The van der Waals surface area contributed by atoms with E-state index in [0.29, 0.717) is 25.7 Å². The summed E-state index contributed by atoms with van der Waals surface area (Å²) in [6.07, 6.45) is 2.03. The molecule has 0 aromatic rings. The molecule has 4 nitrogen and oxygen atoms in total. The molecule has 0 N–H and O–H groups in total. The van der Waals surface area contributed by atoms with Crippen molar-refractivity contribution in [1.82, 2.24) is 0 Å². The molecule has 2 aliphatic carbocycles. The Bertz CT molecular complexity index is 321. The summed E-state index contributed by atoms with van der Waals surface area (Å²) in [6, 6.07) is 0. The maximum absolute atomic E-state index is 11.7. The highest BCUT2D eigenvalue weighted by molar-refractivity contribution is 6.06. The molecule has 3 atom stereocenters. The van der Waals surface area contributed by atoms with Gasteiger partial charge in [-0.2, -0.15) is 0 Å². The first kappa shape index (κ1) is 10.3. The number of rotatable bonds is 1. The third-order valence-electron chi connectivity index (χ3n) is 3.50. The molecular weight excluding hydrogens is 196 g/mol. The van der Waals surface area contributed by atoms with E-state index in [9.17, 15) is 14.4 Å². The lowest BCUT2D eigenvalue weighted by Crippen LogP contribution is -2.43. The van der Waals surface area contributed by atoms with Gasteiger partial charge in [0.2, 0.25) is 0 Å². The summed E-state index contributed by atoms with van der Waals surface area (Å²) in [5.74, 6) is -1.11. The zero-order chi connectivity index (χ0) is 11.0. The normalized spacial score (nSPS) is 35.1. The van der Waals surface area contributed by atoms with E-state index in [1.165, 1.54) is 7.11 Å². The zero-order valence-electron chi connectivity index (χ0n) is 8.69. The molecule has 82 valence electrons. The van der Waals surface area contributed by atoms with Crippen LogP contribution in [0.1, 0.15) is 25.7 Å². The Labute approximate surface area is 88.0 Å². The van der Waals surface area contributed by atoms with Gasteiger partial charge < -0.3 is 4.74 Å². The summed E-state index contributed by atoms with van der Waals surface area (Å²) in [5, 5.41) is 0. The largest absolute Gasteiger partial charge is 0.469 e. The van der Waals surface area contributed by atoms with Gasteiger partial charge in [-0.15, -0.1) is 0 Å². The van der Waals surface area contributed by atoms with Gasteiger partial charge in [0.1, 0.15) is 11.6 Å². The molecule has 0 aromatic heterocycles. The van der Waals surface area contributed by atoms with Crippen molar-refractivity contribution in [3.63, 3.8) is 0 Å². The molecule has 2 fully saturated rings. The molecule has 0 aromatic carbocycles. The minimum absolute atomic E-state index is 0.00449. The first-order chi connectivity index (χ1) is 7.13. The van der Waals surface area contributed by atoms with Crippen LogP contribution in [-0.2, 0) is 19.1 Å². The van der Waals surface area contributed by atoms with E-state index in [2.05, 4.69) is 4.74 Å². The fourth-order valence-electron chi connectivity index (χ4n) is 2.64. The summed E-state index contributed by atoms with van der Waals surface area (Å²) < 4.78 is 4.66. The van der Waals surface area contributed by atoms with E-state index >= 15 is 0 Å². The van der Waals surface area contributed by atoms with Crippen LogP contribution in [0.4, 0.5) is 0 Å². The molecule has 4 heteroatoms. The predicted molar refractivity (Wildman–Crippen MR) is 51.0 cm³/mol. The quantitative estimate of drug-likeness (QED) is 0.473. The van der Waals surface area contributed by atoms with Crippen LogP contribution in [0.15, 0.2) is 0 Å². The van der Waals surface area contributed by atoms with E-state index in [1.54, 1.807) is 0 Å². The Kier molecular flexibility index (Phi) is 2.59. The first-order valence-electron chi connectivity index (χ1n) is 5.27. The van der Waals surface area contributed by atoms with Gasteiger partial charge in [-0.25, -0.2) is 0 Å². The lowest BCUT2D eigenvalue weighted by molar-refractivity contribution is -0.152. The van der Waals surface area contributed by atoms with E-state index < -0.39 is 5.92 Å². The summed E-state index contributed by atoms with van der Waals surface area (Å²) in [5.41, 5.74) is 0. The second-order valence-electron chi connectivity index (χ2n) is 4.35. The van der Waals surface area contributed by atoms with Crippen LogP contribution in [0.3, 0.4) is 0 Å². The van der Waals surface area contributed by atoms with E-state index in [-0.39, 0.29) is 29.4 Å². The smallest absolute Gasteiger partial charge is 0.308 e. The van der Waals surface area contributed by atoms with Gasteiger partial charge in [-0.3, -0.25) is 14.4 Å². The van der Waals surface area contributed by atoms with Crippen molar-refractivity contribution in [2.45, 2.75) is 25.7 Å². The first-order valence-corrected chi connectivity index (χ1v) is 5.27. The summed E-state index contributed by atoms with van der Waals surface area (Å²) >= 11 is 0. The van der Waals surface area contributed by atoms with Crippen LogP contribution >= 0.6 is 0 Å². The highest BCUT2D eigenvalue weighted by Crippen LogP contribution is 2.38. The second-order valence-corrected chi connectivity index (χ2v) is 4.35. The monoisotopic (exact) mass is 210 g/mol. The molecule has 15 heavy (non-hydrogen) atoms. The van der Waals surface area contributed by atoms with Crippen LogP contribution in [-0.4, -0.2) is 24.6 Å². The van der Waals surface area contributed by atoms with Crippen LogP contribution in [0.2, 0.25) is 0 Å². The molecule has 2 saturated carbocycles. The van der Waals surface area contributed by atoms with E-state index in [4.69, 9.17) is 0 Å². The lowest BCUT2D eigenvalue weighted by atomic mass is 9.66. The lowest BCUT2D eigenvalue weighted by Gasteiger charge is -2.35. The fourth-order valence-corrected chi connectivity index (χ4v) is 2.64. The maximum atomic E-state index is 11.7. The van der Waals surface area contributed by atoms with E-state index in [1.807, 2.05) is 0 Å². The third kappa shape index (κ3) is 1.68. The fraction of sp³-hybridized carbons (Fsp3) is 0.727. The SMILES string of the molecule is COC(=O)C1CC2CCC(=O)C(C1)C2=O. The Hall–Kier alpha value is -1.19. The number of ketones is 2. The number of hydrogen-bond acceptors (Lipinski definition) is 4. The molecule has 0 aliphatic heterocycles. The second kappa shape index (κ2) is 3.76. The van der Waals surface area contributed by atoms with Crippen LogP contribution in [0.5, 0.6) is 0 Å². The van der Waals surface area contributed by atoms with Gasteiger partial charge in [0, 0.05) is 12.3 Å². The number of esters is 1. The van der Waals surface area contributed by atoms with Gasteiger partial charge >= 0.3 is 5.97 Å². The Morgan fingerprint density at radius 1 is 1.33 bits per heavy atom. The molecule has 2 aliphatic rings. The van der Waals surface area contributed by atoms with Crippen molar-refractivity contribution < 1.29 is 19.1 Å².